The van der Waals surface area contributed by atoms with Crippen LogP contribution in [0.5, 0.6) is 5.75 Å². The molecule has 0 aliphatic heterocycles. The molecule has 0 saturated carbocycles. The van der Waals surface area contributed by atoms with E-state index < -0.39 is 6.10 Å². The van der Waals surface area contributed by atoms with Crippen molar-refractivity contribution in [2.45, 2.75) is 19.6 Å². The van der Waals surface area contributed by atoms with Gasteiger partial charge in [-0.2, -0.15) is 5.26 Å². The molecule has 2 heterocycles. The van der Waals surface area contributed by atoms with Gasteiger partial charge >= 0.3 is 0 Å². The molecule has 0 fully saturated rings. The Morgan fingerprint density at radius 3 is 2.53 bits per heavy atom. The number of nitrogens with one attached hydrogen (secondary N) is 1. The molecule has 2 aromatic heterocycles. The van der Waals surface area contributed by atoms with Crippen LogP contribution in [0.1, 0.15) is 11.1 Å². The molecule has 7 heteroatoms. The average molecular weight is 402 g/mol. The molecule has 7 nitrogen and oxygen atoms in total. The number of aliphatic hydroxyl groups is 1. The second-order valence-electron chi connectivity index (χ2n) is 7.17. The number of rotatable bonds is 6. The minimum atomic E-state index is -0.742. The summed E-state index contributed by atoms with van der Waals surface area (Å²) < 4.78 is 8.55. The first kappa shape index (κ1) is 19.6. The predicted octanol–water partition coefficient (Wildman–Crippen LogP) is 2.92. The van der Waals surface area contributed by atoms with Crippen LogP contribution in [0.4, 0.5) is 5.69 Å². The van der Waals surface area contributed by atoms with Crippen molar-refractivity contribution in [3.05, 3.63) is 76.1 Å². The van der Waals surface area contributed by atoms with Crippen molar-refractivity contribution >= 4 is 22.4 Å². The van der Waals surface area contributed by atoms with Gasteiger partial charge in [-0.05, 0) is 48.9 Å². The number of fused-ring (bicyclic) bond motifs is 3. The van der Waals surface area contributed by atoms with Gasteiger partial charge in [-0.15, -0.1) is 0 Å². The first-order chi connectivity index (χ1) is 14.5. The van der Waals surface area contributed by atoms with E-state index in [9.17, 15) is 15.2 Å². The number of hydrogen-bond donors (Lipinski definition) is 2. The summed E-state index contributed by atoms with van der Waals surface area (Å²) in [5.74, 6) is 0.760. The highest BCUT2D eigenvalue weighted by atomic mass is 16.5. The standard InChI is InChI=1S/C23H22N4O3/c1-15-11-22(29)27-21-6-4-3-5-20(21)26(23(27)19(15)12-24)14-17(28)13-25-16-7-9-18(30-2)10-8-16/h3-11,17,25,28H,13-14H2,1-2H3/t17-/m0/s1. The number of nitrogens with zero attached hydrogens (tertiary/aromatic N) is 3. The van der Waals surface area contributed by atoms with E-state index in [1.54, 1.807) is 18.4 Å². The molecule has 0 unspecified atom stereocenters. The van der Waals surface area contributed by atoms with Crippen molar-refractivity contribution in [1.82, 2.24) is 8.97 Å². The van der Waals surface area contributed by atoms with E-state index in [4.69, 9.17) is 4.74 Å². The monoisotopic (exact) mass is 402 g/mol. The van der Waals surface area contributed by atoms with Gasteiger partial charge in [-0.25, -0.2) is 0 Å². The molecule has 0 spiro atoms. The van der Waals surface area contributed by atoms with E-state index in [1.165, 1.54) is 6.07 Å². The smallest absolute Gasteiger partial charge is 0.257 e. The molecule has 4 aromatic rings. The number of imidazole rings is 1. The number of aryl methyl sites for hydroxylation is 1. The Morgan fingerprint density at radius 1 is 1.17 bits per heavy atom. The summed E-state index contributed by atoms with van der Waals surface area (Å²) in [7, 11) is 1.61. The third-order valence-electron chi connectivity index (χ3n) is 5.20. The Labute approximate surface area is 173 Å². The molecule has 0 aliphatic rings. The lowest BCUT2D eigenvalue weighted by Crippen LogP contribution is -2.25. The molecule has 2 aromatic carbocycles. The fraction of sp³-hybridized carbons (Fsp3) is 0.217. The number of hydrogen-bond acceptors (Lipinski definition) is 5. The minimum Gasteiger partial charge on any atom is -0.497 e. The number of aromatic nitrogens is 2. The molecular formula is C23H22N4O3. The van der Waals surface area contributed by atoms with Crippen LogP contribution in [0, 0.1) is 18.3 Å². The lowest BCUT2D eigenvalue weighted by molar-refractivity contribution is 0.169. The summed E-state index contributed by atoms with van der Waals surface area (Å²) in [5, 5.41) is 23.7. The largest absolute Gasteiger partial charge is 0.497 e. The van der Waals surface area contributed by atoms with Crippen molar-refractivity contribution in [2.75, 3.05) is 19.0 Å². The third kappa shape index (κ3) is 3.38. The van der Waals surface area contributed by atoms with Crippen molar-refractivity contribution in [3.63, 3.8) is 0 Å². The number of aliphatic hydroxyl groups excluding tert-OH is 1. The zero-order valence-corrected chi connectivity index (χ0v) is 16.8. The van der Waals surface area contributed by atoms with Gasteiger partial charge in [-0.3, -0.25) is 9.20 Å². The third-order valence-corrected chi connectivity index (χ3v) is 5.20. The fourth-order valence-electron chi connectivity index (χ4n) is 3.74. The van der Waals surface area contributed by atoms with E-state index in [0.717, 1.165) is 17.0 Å². The maximum atomic E-state index is 12.7. The van der Waals surface area contributed by atoms with Crippen LogP contribution in [-0.4, -0.2) is 33.8 Å². The van der Waals surface area contributed by atoms with Crippen molar-refractivity contribution < 1.29 is 9.84 Å². The lowest BCUT2D eigenvalue weighted by Gasteiger charge is -2.16. The van der Waals surface area contributed by atoms with Crippen LogP contribution in [0.3, 0.4) is 0 Å². The highest BCUT2D eigenvalue weighted by molar-refractivity contribution is 5.84. The summed E-state index contributed by atoms with van der Waals surface area (Å²) in [6.45, 7) is 2.30. The van der Waals surface area contributed by atoms with E-state index in [1.807, 2.05) is 53.1 Å². The Hall–Kier alpha value is -3.76. The van der Waals surface area contributed by atoms with E-state index in [2.05, 4.69) is 11.4 Å². The van der Waals surface area contributed by atoms with Gasteiger partial charge < -0.3 is 19.7 Å². The maximum Gasteiger partial charge on any atom is 0.257 e. The summed E-state index contributed by atoms with van der Waals surface area (Å²) in [4.78, 5) is 12.7. The number of anilines is 1. The molecule has 0 radical (unpaired) electrons. The van der Waals surface area contributed by atoms with Crippen molar-refractivity contribution in [2.24, 2.45) is 0 Å². The first-order valence-electron chi connectivity index (χ1n) is 9.63. The lowest BCUT2D eigenvalue weighted by atomic mass is 10.1. The zero-order chi connectivity index (χ0) is 21.3. The number of nitriles is 1. The first-order valence-corrected chi connectivity index (χ1v) is 9.63. The summed E-state index contributed by atoms with van der Waals surface area (Å²) in [5.41, 5.74) is 3.74. The van der Waals surface area contributed by atoms with Gasteiger partial charge in [0, 0.05) is 18.3 Å². The number of para-hydroxylation sites is 2. The molecule has 30 heavy (non-hydrogen) atoms. The average Bonchev–Trinajstić information content (AvgIpc) is 3.07. The van der Waals surface area contributed by atoms with Crippen LogP contribution >= 0.6 is 0 Å². The highest BCUT2D eigenvalue weighted by Gasteiger charge is 2.19. The van der Waals surface area contributed by atoms with Crippen LogP contribution in [0.2, 0.25) is 0 Å². The summed E-state index contributed by atoms with van der Waals surface area (Å²) >= 11 is 0. The van der Waals surface area contributed by atoms with E-state index >= 15 is 0 Å². The Kier molecular flexibility index (Phi) is 5.17. The maximum absolute atomic E-state index is 12.7. The molecule has 1 atom stereocenters. The van der Waals surface area contributed by atoms with Gasteiger partial charge in [0.15, 0.2) is 0 Å². The topological polar surface area (TPSA) is 91.7 Å². The Morgan fingerprint density at radius 2 is 1.87 bits per heavy atom. The quantitative estimate of drug-likeness (QED) is 0.517. The van der Waals surface area contributed by atoms with Crippen LogP contribution in [-0.2, 0) is 6.54 Å². The van der Waals surface area contributed by atoms with Crippen LogP contribution in [0.15, 0.2) is 59.4 Å². The summed E-state index contributed by atoms with van der Waals surface area (Å²) in [6.07, 6.45) is -0.742. The van der Waals surface area contributed by atoms with Crippen LogP contribution in [0.25, 0.3) is 16.7 Å². The molecular weight excluding hydrogens is 380 g/mol. The van der Waals surface area contributed by atoms with E-state index in [0.29, 0.717) is 28.8 Å². The number of benzene rings is 2. The number of ether oxygens (including phenoxy) is 1. The number of pyridine rings is 1. The molecule has 0 amide bonds. The van der Waals surface area contributed by atoms with Crippen LogP contribution < -0.4 is 15.6 Å². The summed E-state index contributed by atoms with van der Waals surface area (Å²) in [6, 6.07) is 18.6. The van der Waals surface area contributed by atoms with E-state index in [-0.39, 0.29) is 12.1 Å². The van der Waals surface area contributed by atoms with Gasteiger partial charge in [0.1, 0.15) is 17.5 Å². The predicted molar refractivity (Wildman–Crippen MR) is 116 cm³/mol. The molecule has 0 bridgehead atoms. The molecule has 0 saturated heterocycles. The molecule has 2 N–H and O–H groups in total. The SMILES string of the molecule is COc1ccc(NC[C@H](O)Cn2c3ccccc3n3c(=O)cc(C)c(C#N)c23)cc1. The zero-order valence-electron chi connectivity index (χ0n) is 16.8. The normalized spacial score (nSPS) is 12.1. The van der Waals surface area contributed by atoms with Gasteiger partial charge in [0.05, 0.1) is 36.4 Å². The van der Waals surface area contributed by atoms with Crippen molar-refractivity contribution in [1.29, 1.82) is 5.26 Å². The fourth-order valence-corrected chi connectivity index (χ4v) is 3.74. The second-order valence-corrected chi connectivity index (χ2v) is 7.17. The molecule has 4 rings (SSSR count). The van der Waals surface area contributed by atoms with Gasteiger partial charge in [0.25, 0.3) is 5.56 Å². The minimum absolute atomic E-state index is 0.192. The van der Waals surface area contributed by atoms with Crippen molar-refractivity contribution in [3.8, 4) is 11.8 Å². The Bertz CT molecular complexity index is 1310. The second kappa shape index (κ2) is 7.93. The van der Waals surface area contributed by atoms with Gasteiger partial charge in [-0.1, -0.05) is 12.1 Å². The molecule has 152 valence electrons. The Balaban J connectivity index is 1.70. The molecule has 0 aliphatic carbocycles. The van der Waals surface area contributed by atoms with Gasteiger partial charge in [0.2, 0.25) is 0 Å². The highest BCUT2D eigenvalue weighted by Crippen LogP contribution is 2.24. The number of methoxy groups -OCH3 is 1.